The van der Waals surface area contributed by atoms with E-state index >= 15 is 0 Å². The zero-order chi connectivity index (χ0) is 15.6. The van der Waals surface area contributed by atoms with Gasteiger partial charge in [-0.05, 0) is 36.6 Å². The summed E-state index contributed by atoms with van der Waals surface area (Å²) >= 11 is 0. The molecule has 0 spiro atoms. The molecule has 1 saturated heterocycles. The minimum atomic E-state index is 0.123. The van der Waals surface area contributed by atoms with Gasteiger partial charge in [0.2, 0.25) is 5.91 Å². The number of nitrogens with zero attached hydrogens (tertiary/aromatic N) is 4. The second-order valence-corrected chi connectivity index (χ2v) is 5.89. The Bertz CT molecular complexity index is 827. The van der Waals surface area contributed by atoms with Crippen molar-refractivity contribution < 1.29 is 4.79 Å². The Morgan fingerprint density at radius 2 is 2.00 bits per heavy atom. The van der Waals surface area contributed by atoms with E-state index in [9.17, 15) is 4.79 Å². The zero-order valence-corrected chi connectivity index (χ0v) is 12.8. The molecule has 0 N–H and O–H groups in total. The van der Waals surface area contributed by atoms with Crippen molar-refractivity contribution in [2.45, 2.75) is 25.4 Å². The Hall–Kier alpha value is -2.69. The van der Waals surface area contributed by atoms with Gasteiger partial charge in [-0.3, -0.25) is 14.5 Å². The highest BCUT2D eigenvalue weighted by Gasteiger charge is 2.30. The number of fused-ring (bicyclic) bond motifs is 1. The average Bonchev–Trinajstić information content (AvgIpc) is 3.23. The van der Waals surface area contributed by atoms with Crippen LogP contribution in [0.1, 0.15) is 24.4 Å². The van der Waals surface area contributed by atoms with Crippen LogP contribution in [0.3, 0.4) is 0 Å². The summed E-state index contributed by atoms with van der Waals surface area (Å²) in [6.45, 7) is 1.10. The van der Waals surface area contributed by atoms with Crippen LogP contribution in [0.5, 0.6) is 0 Å². The molecule has 0 aliphatic carbocycles. The van der Waals surface area contributed by atoms with Crippen LogP contribution in [-0.4, -0.2) is 32.1 Å². The van der Waals surface area contributed by atoms with E-state index in [2.05, 4.69) is 10.1 Å². The summed E-state index contributed by atoms with van der Waals surface area (Å²) in [4.78, 5) is 18.8. The quantitative estimate of drug-likeness (QED) is 0.747. The van der Waals surface area contributed by atoms with Gasteiger partial charge in [0.1, 0.15) is 6.54 Å². The van der Waals surface area contributed by atoms with E-state index in [1.807, 2.05) is 47.5 Å². The fourth-order valence-corrected chi connectivity index (χ4v) is 3.37. The lowest BCUT2D eigenvalue weighted by Gasteiger charge is -2.25. The highest BCUT2D eigenvalue weighted by Crippen LogP contribution is 2.31. The van der Waals surface area contributed by atoms with Gasteiger partial charge >= 0.3 is 0 Å². The third kappa shape index (κ3) is 2.59. The van der Waals surface area contributed by atoms with Crippen LogP contribution in [0.2, 0.25) is 0 Å². The standard InChI is InChI=1S/C18H18N4O/c23-18(13-22-17-5-2-1-4-15(17)12-20-22)21-11-3-6-16(21)14-7-9-19-10-8-14/h1-2,4-5,7-10,12,16H,3,6,11,13H2/t16-/m0/s1. The number of amides is 1. The molecular formula is C18H18N4O. The van der Waals surface area contributed by atoms with Gasteiger partial charge in [-0.2, -0.15) is 5.10 Å². The normalized spacial score (nSPS) is 17.7. The Balaban J connectivity index is 1.56. The van der Waals surface area contributed by atoms with Crippen molar-refractivity contribution in [2.75, 3.05) is 6.54 Å². The second-order valence-electron chi connectivity index (χ2n) is 5.89. The van der Waals surface area contributed by atoms with Gasteiger partial charge in [-0.15, -0.1) is 0 Å². The molecule has 1 amide bonds. The molecule has 0 bridgehead atoms. The van der Waals surface area contributed by atoms with Crippen LogP contribution in [0.15, 0.2) is 55.0 Å². The average molecular weight is 306 g/mol. The fourth-order valence-electron chi connectivity index (χ4n) is 3.37. The number of rotatable bonds is 3. The fraction of sp³-hybridized carbons (Fsp3) is 0.278. The van der Waals surface area contributed by atoms with Gasteiger partial charge in [0, 0.05) is 24.3 Å². The van der Waals surface area contributed by atoms with Gasteiger partial charge in [0.05, 0.1) is 17.8 Å². The predicted octanol–water partition coefficient (Wildman–Crippen LogP) is 2.80. The van der Waals surface area contributed by atoms with Crippen molar-refractivity contribution in [2.24, 2.45) is 0 Å². The monoisotopic (exact) mass is 306 g/mol. The summed E-state index contributed by atoms with van der Waals surface area (Å²) in [7, 11) is 0. The lowest BCUT2D eigenvalue weighted by Crippen LogP contribution is -2.33. The molecule has 4 rings (SSSR count). The van der Waals surface area contributed by atoms with Crippen LogP contribution < -0.4 is 0 Å². The molecule has 1 aromatic carbocycles. The summed E-state index contributed by atoms with van der Waals surface area (Å²) < 4.78 is 1.79. The molecule has 5 nitrogen and oxygen atoms in total. The molecule has 3 aromatic rings. The maximum Gasteiger partial charge on any atom is 0.244 e. The number of pyridine rings is 1. The molecular weight excluding hydrogens is 288 g/mol. The second kappa shape index (κ2) is 5.83. The highest BCUT2D eigenvalue weighted by molar-refractivity contribution is 5.82. The number of carbonyl (C=O) groups excluding carboxylic acids is 1. The summed E-state index contributed by atoms with van der Waals surface area (Å²) in [6.07, 6.45) is 7.44. The molecule has 1 fully saturated rings. The smallest absolute Gasteiger partial charge is 0.244 e. The summed E-state index contributed by atoms with van der Waals surface area (Å²) in [5.74, 6) is 0.123. The van der Waals surface area contributed by atoms with Crippen LogP contribution >= 0.6 is 0 Å². The van der Waals surface area contributed by atoms with Crippen molar-refractivity contribution >= 4 is 16.8 Å². The zero-order valence-electron chi connectivity index (χ0n) is 12.8. The van der Waals surface area contributed by atoms with E-state index in [4.69, 9.17) is 0 Å². The maximum atomic E-state index is 12.8. The Kier molecular flexibility index (Phi) is 3.54. The SMILES string of the molecule is O=C(Cn1ncc2ccccc21)N1CCC[C@H]1c1ccncc1. The topological polar surface area (TPSA) is 51.0 Å². The van der Waals surface area contributed by atoms with E-state index in [0.717, 1.165) is 35.9 Å². The molecule has 1 aliphatic rings. The molecule has 3 heterocycles. The molecule has 116 valence electrons. The van der Waals surface area contributed by atoms with Crippen LogP contribution in [0, 0.1) is 0 Å². The number of para-hydroxylation sites is 1. The van der Waals surface area contributed by atoms with E-state index < -0.39 is 0 Å². The maximum absolute atomic E-state index is 12.8. The van der Waals surface area contributed by atoms with Crippen molar-refractivity contribution in [3.05, 3.63) is 60.6 Å². The van der Waals surface area contributed by atoms with Gasteiger partial charge in [-0.25, -0.2) is 0 Å². The number of hydrogen-bond acceptors (Lipinski definition) is 3. The van der Waals surface area contributed by atoms with E-state index in [-0.39, 0.29) is 18.5 Å². The first-order valence-corrected chi connectivity index (χ1v) is 7.93. The van der Waals surface area contributed by atoms with Crippen LogP contribution in [0.4, 0.5) is 0 Å². The van der Waals surface area contributed by atoms with Gasteiger partial charge < -0.3 is 4.90 Å². The number of aromatic nitrogens is 3. The number of hydrogen-bond donors (Lipinski definition) is 0. The molecule has 0 unspecified atom stereocenters. The van der Waals surface area contributed by atoms with Gasteiger partial charge in [-0.1, -0.05) is 18.2 Å². The minimum absolute atomic E-state index is 0.123. The van der Waals surface area contributed by atoms with E-state index in [0.29, 0.717) is 0 Å². The Morgan fingerprint density at radius 3 is 2.87 bits per heavy atom. The highest BCUT2D eigenvalue weighted by atomic mass is 16.2. The lowest BCUT2D eigenvalue weighted by molar-refractivity contribution is -0.132. The third-order valence-electron chi connectivity index (χ3n) is 4.50. The molecule has 23 heavy (non-hydrogen) atoms. The van der Waals surface area contributed by atoms with Crippen molar-refractivity contribution in [1.29, 1.82) is 0 Å². The number of benzene rings is 1. The van der Waals surface area contributed by atoms with Crippen molar-refractivity contribution in [3.8, 4) is 0 Å². The van der Waals surface area contributed by atoms with E-state index in [1.165, 1.54) is 0 Å². The van der Waals surface area contributed by atoms with Crippen molar-refractivity contribution in [3.63, 3.8) is 0 Å². The Labute approximate surface area is 134 Å². The predicted molar refractivity (Wildman–Crippen MR) is 87.7 cm³/mol. The first-order chi connectivity index (χ1) is 11.3. The molecule has 2 aromatic heterocycles. The van der Waals surface area contributed by atoms with Crippen LogP contribution in [-0.2, 0) is 11.3 Å². The minimum Gasteiger partial charge on any atom is -0.334 e. The molecule has 5 heteroatoms. The van der Waals surface area contributed by atoms with Crippen molar-refractivity contribution in [1.82, 2.24) is 19.7 Å². The first-order valence-electron chi connectivity index (χ1n) is 7.93. The summed E-state index contributed by atoms with van der Waals surface area (Å²) in [5.41, 5.74) is 2.16. The number of carbonyl (C=O) groups is 1. The summed E-state index contributed by atoms with van der Waals surface area (Å²) in [5, 5.41) is 5.43. The first kappa shape index (κ1) is 13.9. The van der Waals surface area contributed by atoms with Gasteiger partial charge in [0.15, 0.2) is 0 Å². The van der Waals surface area contributed by atoms with Gasteiger partial charge in [0.25, 0.3) is 0 Å². The molecule has 0 radical (unpaired) electrons. The van der Waals surface area contributed by atoms with Crippen LogP contribution in [0.25, 0.3) is 10.9 Å². The third-order valence-corrected chi connectivity index (χ3v) is 4.50. The largest absolute Gasteiger partial charge is 0.334 e. The number of likely N-dealkylation sites (tertiary alicyclic amines) is 1. The lowest BCUT2D eigenvalue weighted by atomic mass is 10.1. The summed E-state index contributed by atoms with van der Waals surface area (Å²) in [6, 6.07) is 12.1. The molecule has 1 aliphatic heterocycles. The molecule has 1 atom stereocenters. The van der Waals surface area contributed by atoms with E-state index in [1.54, 1.807) is 17.1 Å². The Morgan fingerprint density at radius 1 is 1.17 bits per heavy atom. The molecule has 0 saturated carbocycles.